The highest BCUT2D eigenvalue weighted by Gasteiger charge is 2.13. The first-order valence-electron chi connectivity index (χ1n) is 5.58. The van der Waals surface area contributed by atoms with Crippen molar-refractivity contribution in [2.45, 2.75) is 12.5 Å². The Kier molecular flexibility index (Phi) is 4.53. The highest BCUT2D eigenvalue weighted by Crippen LogP contribution is 2.25. The molecule has 18 heavy (non-hydrogen) atoms. The van der Waals surface area contributed by atoms with Crippen LogP contribution in [0.15, 0.2) is 36.8 Å². The lowest BCUT2D eigenvalue weighted by Gasteiger charge is -2.16. The Hall–Kier alpha value is -1.16. The third-order valence-corrected chi connectivity index (χ3v) is 3.31. The Morgan fingerprint density at radius 2 is 2.11 bits per heavy atom. The van der Waals surface area contributed by atoms with Gasteiger partial charge in [0.2, 0.25) is 0 Å². The number of halogens is 2. The lowest BCUT2D eigenvalue weighted by atomic mass is 10.0. The first-order valence-corrected chi connectivity index (χ1v) is 6.33. The molecule has 0 amide bonds. The molecule has 1 heterocycles. The van der Waals surface area contributed by atoms with Crippen LogP contribution in [0.25, 0.3) is 0 Å². The summed E-state index contributed by atoms with van der Waals surface area (Å²) >= 11 is 12.1. The van der Waals surface area contributed by atoms with Crippen molar-refractivity contribution in [3.8, 4) is 0 Å². The maximum absolute atomic E-state index is 6.17. The number of nitrogens with zero attached hydrogens (tertiary/aromatic N) is 2. The van der Waals surface area contributed by atoms with Crippen molar-refractivity contribution in [2.75, 3.05) is 7.05 Å². The molecule has 0 aliphatic rings. The minimum atomic E-state index is 0.0809. The quantitative estimate of drug-likeness (QED) is 0.935. The van der Waals surface area contributed by atoms with Gasteiger partial charge in [-0.3, -0.25) is 9.97 Å². The normalized spacial score (nSPS) is 12.4. The number of aromatic nitrogens is 2. The summed E-state index contributed by atoms with van der Waals surface area (Å²) in [4.78, 5) is 8.37. The number of likely N-dealkylation sites (N-methyl/N-ethyl adjacent to an activating group) is 1. The van der Waals surface area contributed by atoms with Gasteiger partial charge < -0.3 is 5.32 Å². The molecular weight excluding hydrogens is 269 g/mol. The molecule has 0 fully saturated rings. The monoisotopic (exact) mass is 281 g/mol. The second-order valence-electron chi connectivity index (χ2n) is 3.91. The standard InChI is InChI=1S/C13H13Cl2N3/c1-16-12(13-8-17-4-5-18-13)6-9-2-3-10(14)7-11(9)15/h2-5,7-8,12,16H,6H2,1H3. The Morgan fingerprint density at radius 3 is 2.72 bits per heavy atom. The zero-order valence-corrected chi connectivity index (χ0v) is 11.4. The number of benzene rings is 1. The second kappa shape index (κ2) is 6.14. The highest BCUT2D eigenvalue weighted by molar-refractivity contribution is 6.35. The van der Waals surface area contributed by atoms with Gasteiger partial charge in [0.1, 0.15) is 0 Å². The van der Waals surface area contributed by atoms with Gasteiger partial charge >= 0.3 is 0 Å². The van der Waals surface area contributed by atoms with Crippen molar-refractivity contribution in [1.82, 2.24) is 15.3 Å². The van der Waals surface area contributed by atoms with E-state index in [0.29, 0.717) is 10.0 Å². The van der Waals surface area contributed by atoms with Gasteiger partial charge in [0.15, 0.2) is 0 Å². The zero-order valence-electron chi connectivity index (χ0n) is 9.90. The number of hydrogen-bond donors (Lipinski definition) is 1. The topological polar surface area (TPSA) is 37.8 Å². The molecule has 1 aromatic carbocycles. The summed E-state index contributed by atoms with van der Waals surface area (Å²) in [5, 5.41) is 4.53. The van der Waals surface area contributed by atoms with Crippen molar-refractivity contribution in [1.29, 1.82) is 0 Å². The number of rotatable bonds is 4. The molecule has 0 spiro atoms. The molecule has 0 saturated carbocycles. The van der Waals surface area contributed by atoms with Crippen LogP contribution < -0.4 is 5.32 Å². The summed E-state index contributed by atoms with van der Waals surface area (Å²) in [6.07, 6.45) is 5.84. The second-order valence-corrected chi connectivity index (χ2v) is 4.76. The lowest BCUT2D eigenvalue weighted by molar-refractivity contribution is 0.573. The van der Waals surface area contributed by atoms with Crippen molar-refractivity contribution in [3.63, 3.8) is 0 Å². The average molecular weight is 282 g/mol. The van der Waals surface area contributed by atoms with Crippen LogP contribution in [-0.4, -0.2) is 17.0 Å². The van der Waals surface area contributed by atoms with Gasteiger partial charge in [-0.25, -0.2) is 0 Å². The maximum Gasteiger partial charge on any atom is 0.0759 e. The van der Waals surface area contributed by atoms with Crippen molar-refractivity contribution in [2.24, 2.45) is 0 Å². The van der Waals surface area contributed by atoms with Crippen LogP contribution >= 0.6 is 23.2 Å². The largest absolute Gasteiger partial charge is 0.311 e. The fraction of sp³-hybridized carbons (Fsp3) is 0.231. The fourth-order valence-electron chi connectivity index (χ4n) is 1.75. The predicted molar refractivity (Wildman–Crippen MR) is 74.0 cm³/mol. The molecule has 0 saturated heterocycles. The molecule has 2 rings (SSSR count). The minimum absolute atomic E-state index is 0.0809. The van der Waals surface area contributed by atoms with E-state index in [2.05, 4.69) is 15.3 Å². The van der Waals surface area contributed by atoms with Gasteiger partial charge in [0.25, 0.3) is 0 Å². The number of nitrogens with one attached hydrogen (secondary N) is 1. The Balaban J connectivity index is 2.21. The summed E-state index contributed by atoms with van der Waals surface area (Å²) in [6, 6.07) is 5.61. The Morgan fingerprint density at radius 1 is 1.28 bits per heavy atom. The zero-order chi connectivity index (χ0) is 13.0. The fourth-order valence-corrected chi connectivity index (χ4v) is 2.24. The third-order valence-electron chi connectivity index (χ3n) is 2.73. The van der Waals surface area contributed by atoms with E-state index in [9.17, 15) is 0 Å². The van der Waals surface area contributed by atoms with Crippen molar-refractivity contribution in [3.05, 3.63) is 58.1 Å². The molecule has 1 atom stereocenters. The molecule has 1 unspecified atom stereocenters. The Bertz CT molecular complexity index is 517. The summed E-state index contributed by atoms with van der Waals surface area (Å²) < 4.78 is 0. The van der Waals surface area contributed by atoms with Crippen LogP contribution in [0, 0.1) is 0 Å². The van der Waals surface area contributed by atoms with Gasteiger partial charge in [0.05, 0.1) is 11.7 Å². The molecule has 5 heteroatoms. The average Bonchev–Trinajstić information content (AvgIpc) is 2.39. The summed E-state index contributed by atoms with van der Waals surface area (Å²) in [5.41, 5.74) is 1.93. The molecule has 94 valence electrons. The predicted octanol–water partition coefficient (Wildman–Crippen LogP) is 3.29. The van der Waals surface area contributed by atoms with Crippen LogP contribution in [-0.2, 0) is 6.42 Å². The van der Waals surface area contributed by atoms with E-state index in [4.69, 9.17) is 23.2 Å². The van der Waals surface area contributed by atoms with Gasteiger partial charge in [-0.2, -0.15) is 0 Å². The number of hydrogen-bond acceptors (Lipinski definition) is 3. The highest BCUT2D eigenvalue weighted by atomic mass is 35.5. The van der Waals surface area contributed by atoms with E-state index in [0.717, 1.165) is 17.7 Å². The van der Waals surface area contributed by atoms with E-state index in [1.54, 1.807) is 24.7 Å². The molecule has 0 aliphatic heterocycles. The van der Waals surface area contributed by atoms with Gasteiger partial charge in [-0.1, -0.05) is 29.3 Å². The molecule has 3 nitrogen and oxygen atoms in total. The van der Waals surface area contributed by atoms with Crippen LogP contribution in [0.1, 0.15) is 17.3 Å². The maximum atomic E-state index is 6.17. The first-order chi connectivity index (χ1) is 8.70. The van der Waals surface area contributed by atoms with Crippen LogP contribution in [0.2, 0.25) is 10.0 Å². The minimum Gasteiger partial charge on any atom is -0.311 e. The lowest BCUT2D eigenvalue weighted by Crippen LogP contribution is -2.20. The molecular formula is C13H13Cl2N3. The molecule has 0 aliphatic carbocycles. The molecule has 1 aromatic heterocycles. The van der Waals surface area contributed by atoms with E-state index < -0.39 is 0 Å². The van der Waals surface area contributed by atoms with Gasteiger partial charge in [0, 0.05) is 28.6 Å². The summed E-state index contributed by atoms with van der Waals surface area (Å²) in [7, 11) is 1.89. The van der Waals surface area contributed by atoms with E-state index >= 15 is 0 Å². The SMILES string of the molecule is CNC(Cc1ccc(Cl)cc1Cl)c1cnccn1. The smallest absolute Gasteiger partial charge is 0.0759 e. The van der Waals surface area contributed by atoms with E-state index in [1.165, 1.54) is 0 Å². The summed E-state index contributed by atoms with van der Waals surface area (Å²) in [6.45, 7) is 0. The van der Waals surface area contributed by atoms with E-state index in [1.807, 2.05) is 19.2 Å². The van der Waals surface area contributed by atoms with Crippen molar-refractivity contribution < 1.29 is 0 Å². The molecule has 0 radical (unpaired) electrons. The summed E-state index contributed by atoms with van der Waals surface area (Å²) in [5.74, 6) is 0. The van der Waals surface area contributed by atoms with Crippen LogP contribution in [0.4, 0.5) is 0 Å². The van der Waals surface area contributed by atoms with Crippen molar-refractivity contribution >= 4 is 23.2 Å². The van der Waals surface area contributed by atoms with Gasteiger partial charge in [-0.05, 0) is 31.2 Å². The molecule has 2 aromatic rings. The first kappa shape index (κ1) is 13.3. The van der Waals surface area contributed by atoms with E-state index in [-0.39, 0.29) is 6.04 Å². The third kappa shape index (κ3) is 3.19. The molecule has 0 bridgehead atoms. The van der Waals surface area contributed by atoms with Gasteiger partial charge in [-0.15, -0.1) is 0 Å². The van der Waals surface area contributed by atoms with Crippen LogP contribution in [0.3, 0.4) is 0 Å². The molecule has 1 N–H and O–H groups in total. The Labute approximate surface area is 116 Å². The van der Waals surface area contributed by atoms with Crippen LogP contribution in [0.5, 0.6) is 0 Å².